The van der Waals surface area contributed by atoms with Gasteiger partial charge in [0.25, 0.3) is 0 Å². The summed E-state index contributed by atoms with van der Waals surface area (Å²) in [6, 6.07) is 2.64. The Hall–Kier alpha value is -1.07. The lowest BCUT2D eigenvalue weighted by Crippen LogP contribution is -2.15. The molecule has 1 unspecified atom stereocenters. The van der Waals surface area contributed by atoms with Crippen LogP contribution < -0.4 is 5.73 Å². The number of phenols is 1. The van der Waals surface area contributed by atoms with Crippen LogP contribution in [0.4, 0.5) is 0 Å². The normalized spacial score (nSPS) is 12.5. The maximum atomic E-state index is 10.5. The largest absolute Gasteiger partial charge is 0.508 e. The molecule has 0 spiro atoms. The molecule has 4 nitrogen and oxygen atoms in total. The fourth-order valence-corrected chi connectivity index (χ4v) is 2.25. The van der Waals surface area contributed by atoms with E-state index in [1.54, 1.807) is 12.1 Å². The van der Waals surface area contributed by atoms with Crippen molar-refractivity contribution in [3.05, 3.63) is 27.7 Å². The first kappa shape index (κ1) is 12.0. The molecule has 0 fully saturated rings. The SMILES string of the molecule is Cc1cc(O)c(C(N)CC(=O)O)c(Br)c1. The summed E-state index contributed by atoms with van der Waals surface area (Å²) >= 11 is 3.26. The number of rotatable bonds is 3. The standard InChI is InChI=1S/C10H12BrNO3/c1-5-2-6(11)10(8(13)3-5)7(12)4-9(14)15/h2-3,7,13H,4,12H2,1H3,(H,14,15). The van der Waals surface area contributed by atoms with Crippen LogP contribution in [0.5, 0.6) is 5.75 Å². The van der Waals surface area contributed by atoms with Gasteiger partial charge in [-0.2, -0.15) is 0 Å². The van der Waals surface area contributed by atoms with Gasteiger partial charge in [0.15, 0.2) is 0 Å². The summed E-state index contributed by atoms with van der Waals surface area (Å²) in [5.41, 5.74) is 6.99. The second-order valence-corrected chi connectivity index (χ2v) is 4.24. The molecule has 1 aromatic rings. The number of carboxylic acid groups (broad SMARTS) is 1. The highest BCUT2D eigenvalue weighted by atomic mass is 79.9. The van der Waals surface area contributed by atoms with Crippen molar-refractivity contribution in [2.24, 2.45) is 5.73 Å². The minimum Gasteiger partial charge on any atom is -0.508 e. The van der Waals surface area contributed by atoms with Gasteiger partial charge in [-0.25, -0.2) is 0 Å². The van der Waals surface area contributed by atoms with Gasteiger partial charge in [0, 0.05) is 16.1 Å². The van der Waals surface area contributed by atoms with Crippen molar-refractivity contribution < 1.29 is 15.0 Å². The Kier molecular flexibility index (Phi) is 3.71. The van der Waals surface area contributed by atoms with E-state index in [-0.39, 0.29) is 12.2 Å². The second kappa shape index (κ2) is 4.63. The Morgan fingerprint density at radius 2 is 2.20 bits per heavy atom. The van der Waals surface area contributed by atoms with Crippen molar-refractivity contribution in [1.82, 2.24) is 0 Å². The summed E-state index contributed by atoms with van der Waals surface area (Å²) in [4.78, 5) is 10.5. The average molecular weight is 274 g/mol. The Labute approximate surface area is 95.8 Å². The maximum Gasteiger partial charge on any atom is 0.305 e. The third-order valence-corrected chi connectivity index (χ3v) is 2.67. The Bertz CT molecular complexity index is 369. The van der Waals surface area contributed by atoms with Gasteiger partial charge in [-0.3, -0.25) is 4.79 Å². The molecule has 0 aromatic heterocycles. The van der Waals surface area contributed by atoms with Crippen molar-refractivity contribution in [3.8, 4) is 5.75 Å². The summed E-state index contributed by atoms with van der Waals surface area (Å²) < 4.78 is 0.633. The molecule has 82 valence electrons. The molecule has 1 aromatic carbocycles. The number of aliphatic carboxylic acids is 1. The van der Waals surface area contributed by atoms with Gasteiger partial charge in [0.05, 0.1) is 6.42 Å². The first-order chi connectivity index (χ1) is 6.91. The van der Waals surface area contributed by atoms with Crippen molar-refractivity contribution >= 4 is 21.9 Å². The fourth-order valence-electron chi connectivity index (χ4n) is 1.39. The number of nitrogens with two attached hydrogens (primary N) is 1. The summed E-state index contributed by atoms with van der Waals surface area (Å²) in [5.74, 6) is -0.968. The third kappa shape index (κ3) is 2.94. The van der Waals surface area contributed by atoms with Crippen LogP contribution in [0, 0.1) is 6.92 Å². The fraction of sp³-hybridized carbons (Fsp3) is 0.300. The predicted octanol–water partition coefficient (Wildman–Crippen LogP) is 1.94. The van der Waals surface area contributed by atoms with Crippen LogP contribution >= 0.6 is 15.9 Å². The number of hydrogen-bond donors (Lipinski definition) is 3. The Morgan fingerprint density at radius 1 is 1.60 bits per heavy atom. The van der Waals surface area contributed by atoms with E-state index >= 15 is 0 Å². The Morgan fingerprint density at radius 3 is 2.67 bits per heavy atom. The lowest BCUT2D eigenvalue weighted by atomic mass is 10.0. The molecule has 0 heterocycles. The summed E-state index contributed by atoms with van der Waals surface area (Å²) in [7, 11) is 0. The van der Waals surface area contributed by atoms with Gasteiger partial charge in [-0.15, -0.1) is 0 Å². The van der Waals surface area contributed by atoms with E-state index in [4.69, 9.17) is 10.8 Å². The van der Waals surface area contributed by atoms with E-state index < -0.39 is 12.0 Å². The van der Waals surface area contributed by atoms with Gasteiger partial charge < -0.3 is 15.9 Å². The van der Waals surface area contributed by atoms with E-state index in [1.165, 1.54) is 0 Å². The Balaban J connectivity index is 3.08. The molecule has 0 amide bonds. The van der Waals surface area contributed by atoms with Crippen LogP contribution in [0.15, 0.2) is 16.6 Å². The van der Waals surface area contributed by atoms with E-state index in [9.17, 15) is 9.90 Å². The number of benzene rings is 1. The lowest BCUT2D eigenvalue weighted by Gasteiger charge is -2.14. The zero-order valence-corrected chi connectivity index (χ0v) is 9.78. The summed E-state index contributed by atoms with van der Waals surface area (Å²) in [6.45, 7) is 1.83. The van der Waals surface area contributed by atoms with Gasteiger partial charge in [-0.05, 0) is 24.6 Å². The van der Waals surface area contributed by atoms with Gasteiger partial charge >= 0.3 is 5.97 Å². The number of halogens is 1. The highest BCUT2D eigenvalue weighted by Crippen LogP contribution is 2.33. The van der Waals surface area contributed by atoms with E-state index in [0.717, 1.165) is 5.56 Å². The maximum absolute atomic E-state index is 10.5. The number of phenolic OH excluding ortho intramolecular Hbond substituents is 1. The molecular weight excluding hydrogens is 262 g/mol. The van der Waals surface area contributed by atoms with E-state index in [0.29, 0.717) is 10.0 Å². The number of hydrogen-bond acceptors (Lipinski definition) is 3. The van der Waals surface area contributed by atoms with E-state index in [2.05, 4.69) is 15.9 Å². The topological polar surface area (TPSA) is 83.5 Å². The molecule has 0 aliphatic carbocycles. The molecule has 0 aliphatic rings. The minimum absolute atomic E-state index is 0.0237. The minimum atomic E-state index is -0.991. The molecule has 1 atom stereocenters. The van der Waals surface area contributed by atoms with Crippen LogP contribution in [0.3, 0.4) is 0 Å². The summed E-state index contributed by atoms with van der Waals surface area (Å²) in [5, 5.41) is 18.3. The van der Waals surface area contributed by atoms with Crippen molar-refractivity contribution in [3.63, 3.8) is 0 Å². The van der Waals surface area contributed by atoms with Crippen LogP contribution in [-0.4, -0.2) is 16.2 Å². The predicted molar refractivity (Wildman–Crippen MR) is 59.7 cm³/mol. The number of aryl methyl sites for hydroxylation is 1. The first-order valence-electron chi connectivity index (χ1n) is 4.38. The van der Waals surface area contributed by atoms with Crippen LogP contribution in [0.1, 0.15) is 23.6 Å². The zero-order valence-electron chi connectivity index (χ0n) is 8.20. The molecule has 15 heavy (non-hydrogen) atoms. The quantitative estimate of drug-likeness (QED) is 0.786. The van der Waals surface area contributed by atoms with Crippen molar-refractivity contribution in [1.29, 1.82) is 0 Å². The molecule has 1 rings (SSSR count). The summed E-state index contributed by atoms with van der Waals surface area (Å²) in [6.07, 6.45) is -0.213. The molecule has 5 heteroatoms. The second-order valence-electron chi connectivity index (χ2n) is 3.38. The highest BCUT2D eigenvalue weighted by Gasteiger charge is 2.17. The van der Waals surface area contributed by atoms with Crippen LogP contribution in [-0.2, 0) is 4.79 Å². The number of carbonyl (C=O) groups is 1. The molecule has 4 N–H and O–H groups in total. The van der Waals surface area contributed by atoms with Crippen molar-refractivity contribution in [2.45, 2.75) is 19.4 Å². The molecule has 0 saturated heterocycles. The highest BCUT2D eigenvalue weighted by molar-refractivity contribution is 9.10. The van der Waals surface area contributed by atoms with Crippen LogP contribution in [0.25, 0.3) is 0 Å². The molecule has 0 aliphatic heterocycles. The first-order valence-corrected chi connectivity index (χ1v) is 5.17. The van der Waals surface area contributed by atoms with Crippen LogP contribution in [0.2, 0.25) is 0 Å². The monoisotopic (exact) mass is 273 g/mol. The molecule has 0 radical (unpaired) electrons. The zero-order chi connectivity index (χ0) is 11.6. The van der Waals surface area contributed by atoms with E-state index in [1.807, 2.05) is 6.92 Å². The van der Waals surface area contributed by atoms with Gasteiger partial charge in [0.1, 0.15) is 5.75 Å². The average Bonchev–Trinajstić information content (AvgIpc) is 1.99. The smallest absolute Gasteiger partial charge is 0.305 e. The molecular formula is C10H12BrNO3. The van der Waals surface area contributed by atoms with Gasteiger partial charge in [-0.1, -0.05) is 15.9 Å². The lowest BCUT2D eigenvalue weighted by molar-refractivity contribution is -0.137. The molecule has 0 bridgehead atoms. The number of aromatic hydroxyl groups is 1. The van der Waals surface area contributed by atoms with Crippen molar-refractivity contribution in [2.75, 3.05) is 0 Å². The third-order valence-electron chi connectivity index (χ3n) is 2.02. The van der Waals surface area contributed by atoms with Gasteiger partial charge in [0.2, 0.25) is 0 Å². The molecule has 0 saturated carbocycles. The number of carboxylic acids is 1.